The molecule has 6 heteroatoms. The second-order valence-electron chi connectivity index (χ2n) is 7.83. The fourth-order valence-corrected chi connectivity index (χ4v) is 5.24. The summed E-state index contributed by atoms with van der Waals surface area (Å²) in [7, 11) is 0. The second kappa shape index (κ2) is 7.41. The zero-order valence-electron chi connectivity index (χ0n) is 16.3. The first-order chi connectivity index (χ1) is 14.1. The van der Waals surface area contributed by atoms with Gasteiger partial charge in [0.15, 0.2) is 0 Å². The Bertz CT molecular complexity index is 1020. The van der Waals surface area contributed by atoms with Crippen LogP contribution in [0.2, 0.25) is 0 Å². The Kier molecular flexibility index (Phi) is 4.74. The smallest absolute Gasteiger partial charge is 0.135 e. The standard InChI is InChI=1S/C23H23F2N3S/c1-14-5-6-15(23-26-8-10-29-23)12-21(14)28-9-7-19-16(13-28)11-20(27-19)22-17(24)3-2-4-18(22)25/h2-4,8,10-12,23,26-27H,5-7,9,13H2,1H3. The van der Waals surface area contributed by atoms with E-state index in [-0.39, 0.29) is 5.56 Å². The summed E-state index contributed by atoms with van der Waals surface area (Å²) in [5.74, 6) is -1.07. The van der Waals surface area contributed by atoms with Gasteiger partial charge in [0.05, 0.1) is 16.6 Å². The maximum Gasteiger partial charge on any atom is 0.135 e. The summed E-state index contributed by atoms with van der Waals surface area (Å²) in [6, 6.07) is 5.91. The molecule has 0 bridgehead atoms. The molecule has 1 aromatic carbocycles. The minimum absolute atomic E-state index is 0.0283. The number of H-pyrrole nitrogens is 1. The number of allylic oxidation sites excluding steroid dienone is 2. The van der Waals surface area contributed by atoms with Crippen LogP contribution in [0, 0.1) is 11.6 Å². The molecule has 3 nitrogen and oxygen atoms in total. The van der Waals surface area contributed by atoms with Crippen LogP contribution in [-0.4, -0.2) is 21.8 Å². The number of fused-ring (bicyclic) bond motifs is 1. The molecule has 2 aliphatic heterocycles. The maximum atomic E-state index is 14.2. The van der Waals surface area contributed by atoms with Crippen LogP contribution in [0.1, 0.15) is 31.0 Å². The van der Waals surface area contributed by atoms with Crippen molar-refractivity contribution in [2.24, 2.45) is 0 Å². The molecule has 0 fully saturated rings. The van der Waals surface area contributed by atoms with Gasteiger partial charge in [-0.2, -0.15) is 0 Å². The van der Waals surface area contributed by atoms with Gasteiger partial charge in [-0.3, -0.25) is 0 Å². The van der Waals surface area contributed by atoms with Crippen molar-refractivity contribution < 1.29 is 8.78 Å². The highest BCUT2D eigenvalue weighted by Crippen LogP contribution is 2.36. The molecule has 2 N–H and O–H groups in total. The highest BCUT2D eigenvalue weighted by Gasteiger charge is 2.26. The molecule has 0 saturated carbocycles. The number of hydrogen-bond acceptors (Lipinski definition) is 3. The topological polar surface area (TPSA) is 31.1 Å². The zero-order chi connectivity index (χ0) is 20.0. The number of rotatable bonds is 3. The number of halogens is 2. The van der Waals surface area contributed by atoms with Crippen molar-refractivity contribution in [1.82, 2.24) is 15.2 Å². The monoisotopic (exact) mass is 411 g/mol. The van der Waals surface area contributed by atoms with Gasteiger partial charge in [0.1, 0.15) is 11.6 Å². The van der Waals surface area contributed by atoms with Crippen LogP contribution in [0.25, 0.3) is 11.3 Å². The highest BCUT2D eigenvalue weighted by atomic mass is 32.2. The van der Waals surface area contributed by atoms with E-state index >= 15 is 0 Å². The van der Waals surface area contributed by atoms with Crippen molar-refractivity contribution in [3.63, 3.8) is 0 Å². The van der Waals surface area contributed by atoms with Crippen molar-refractivity contribution in [2.45, 2.75) is 38.1 Å². The predicted molar refractivity (Wildman–Crippen MR) is 114 cm³/mol. The largest absolute Gasteiger partial charge is 0.375 e. The van der Waals surface area contributed by atoms with E-state index < -0.39 is 11.6 Å². The van der Waals surface area contributed by atoms with Crippen molar-refractivity contribution in [3.05, 3.63) is 81.7 Å². The lowest BCUT2D eigenvalue weighted by Gasteiger charge is -2.34. The molecule has 2 aromatic rings. The van der Waals surface area contributed by atoms with Crippen LogP contribution in [0.4, 0.5) is 8.78 Å². The van der Waals surface area contributed by atoms with E-state index in [9.17, 15) is 8.78 Å². The lowest BCUT2D eigenvalue weighted by molar-refractivity contribution is 0.324. The van der Waals surface area contributed by atoms with Gasteiger partial charge in [0, 0.05) is 37.1 Å². The van der Waals surface area contributed by atoms with Gasteiger partial charge in [-0.25, -0.2) is 8.78 Å². The normalized spacial score (nSPS) is 21.3. The molecule has 29 heavy (non-hydrogen) atoms. The molecule has 0 spiro atoms. The highest BCUT2D eigenvalue weighted by molar-refractivity contribution is 8.03. The number of aromatic amines is 1. The van der Waals surface area contributed by atoms with Crippen LogP contribution in [0.5, 0.6) is 0 Å². The Labute approximate surface area is 173 Å². The molecule has 0 saturated heterocycles. The Morgan fingerprint density at radius 1 is 1.14 bits per heavy atom. The summed E-state index contributed by atoms with van der Waals surface area (Å²) >= 11 is 1.81. The molecule has 3 aliphatic rings. The molecule has 1 aliphatic carbocycles. The van der Waals surface area contributed by atoms with E-state index in [2.05, 4.69) is 33.6 Å². The van der Waals surface area contributed by atoms with Crippen LogP contribution in [0.3, 0.4) is 0 Å². The van der Waals surface area contributed by atoms with E-state index in [1.54, 1.807) is 0 Å². The fraction of sp³-hybridized carbons (Fsp3) is 0.304. The number of aromatic nitrogens is 1. The summed E-state index contributed by atoms with van der Waals surface area (Å²) in [6.07, 6.45) is 7.34. The minimum atomic E-state index is -0.533. The molecule has 1 atom stereocenters. The first-order valence-corrected chi connectivity index (χ1v) is 10.9. The van der Waals surface area contributed by atoms with E-state index in [1.807, 2.05) is 24.0 Å². The molecule has 1 unspecified atom stereocenters. The summed E-state index contributed by atoms with van der Waals surface area (Å²) < 4.78 is 28.4. The van der Waals surface area contributed by atoms with Gasteiger partial charge in [-0.05, 0) is 66.2 Å². The molecule has 0 radical (unpaired) electrons. The van der Waals surface area contributed by atoms with E-state index in [0.717, 1.165) is 43.6 Å². The lowest BCUT2D eigenvalue weighted by Crippen LogP contribution is -2.31. The van der Waals surface area contributed by atoms with E-state index in [4.69, 9.17) is 0 Å². The van der Waals surface area contributed by atoms with Crippen molar-refractivity contribution >= 4 is 11.8 Å². The predicted octanol–water partition coefficient (Wildman–Crippen LogP) is 5.45. The maximum absolute atomic E-state index is 14.2. The fourth-order valence-electron chi connectivity index (χ4n) is 4.41. The molecule has 3 heterocycles. The molecule has 150 valence electrons. The molecule has 1 aromatic heterocycles. The first kappa shape index (κ1) is 18.6. The molecular weight excluding hydrogens is 388 g/mol. The van der Waals surface area contributed by atoms with Crippen LogP contribution in [0.15, 0.2) is 58.8 Å². The van der Waals surface area contributed by atoms with Crippen LogP contribution < -0.4 is 5.32 Å². The van der Waals surface area contributed by atoms with Crippen molar-refractivity contribution in [1.29, 1.82) is 0 Å². The van der Waals surface area contributed by atoms with E-state index in [1.165, 1.54) is 35.0 Å². The van der Waals surface area contributed by atoms with E-state index in [0.29, 0.717) is 11.1 Å². The van der Waals surface area contributed by atoms with Gasteiger partial charge in [-0.15, -0.1) is 11.8 Å². The Balaban J connectivity index is 1.42. The van der Waals surface area contributed by atoms with Crippen LogP contribution >= 0.6 is 11.8 Å². The number of nitrogens with one attached hydrogen (secondary N) is 2. The van der Waals surface area contributed by atoms with Crippen molar-refractivity contribution in [3.8, 4) is 11.3 Å². The summed E-state index contributed by atoms with van der Waals surface area (Å²) in [5.41, 5.74) is 6.87. The number of benzene rings is 1. The van der Waals surface area contributed by atoms with Gasteiger partial charge < -0.3 is 15.2 Å². The SMILES string of the molecule is CC1=C(N2CCc3[nH]c(-c4c(F)cccc4F)cc3C2)C=C(C2NC=CS2)CC1. The summed E-state index contributed by atoms with van der Waals surface area (Å²) in [5, 5.41) is 5.85. The summed E-state index contributed by atoms with van der Waals surface area (Å²) in [6.45, 7) is 3.86. The average molecular weight is 412 g/mol. The minimum Gasteiger partial charge on any atom is -0.375 e. The number of hydrogen-bond donors (Lipinski definition) is 2. The van der Waals surface area contributed by atoms with Crippen molar-refractivity contribution in [2.75, 3.05) is 6.54 Å². The first-order valence-electron chi connectivity index (χ1n) is 9.97. The Morgan fingerprint density at radius 3 is 2.72 bits per heavy atom. The Morgan fingerprint density at radius 2 is 1.97 bits per heavy atom. The summed E-state index contributed by atoms with van der Waals surface area (Å²) in [4.78, 5) is 5.66. The Hall–Kier alpha value is -2.47. The van der Waals surface area contributed by atoms with Crippen LogP contribution in [-0.2, 0) is 13.0 Å². The zero-order valence-corrected chi connectivity index (χ0v) is 17.1. The van der Waals surface area contributed by atoms with Gasteiger partial charge in [-0.1, -0.05) is 6.07 Å². The van der Waals surface area contributed by atoms with Gasteiger partial charge >= 0.3 is 0 Å². The van der Waals surface area contributed by atoms with Gasteiger partial charge in [0.25, 0.3) is 0 Å². The lowest BCUT2D eigenvalue weighted by atomic mass is 9.94. The quantitative estimate of drug-likeness (QED) is 0.705. The molecule has 0 amide bonds. The third-order valence-corrected chi connectivity index (χ3v) is 6.98. The number of nitrogens with zero attached hydrogens (tertiary/aromatic N) is 1. The second-order valence-corrected chi connectivity index (χ2v) is 8.84. The third kappa shape index (κ3) is 3.39. The average Bonchev–Trinajstić information content (AvgIpc) is 3.37. The molecular formula is C23H23F2N3S. The number of thioether (sulfide) groups is 1. The van der Waals surface area contributed by atoms with Gasteiger partial charge in [0.2, 0.25) is 0 Å². The molecule has 5 rings (SSSR count). The third-order valence-electron chi connectivity index (χ3n) is 5.97.